The molecule has 152 valence electrons. The van der Waals surface area contributed by atoms with Crippen LogP contribution in [0.2, 0.25) is 0 Å². The van der Waals surface area contributed by atoms with Crippen molar-refractivity contribution in [2.45, 2.75) is 6.42 Å². The molecule has 2 aromatic heterocycles. The molecule has 1 nitrogen and oxygen atoms in total. The van der Waals surface area contributed by atoms with Crippen LogP contribution in [0.5, 0.6) is 0 Å². The third kappa shape index (κ3) is 2.24. The van der Waals surface area contributed by atoms with Crippen LogP contribution in [0.25, 0.3) is 58.8 Å². The SMILES string of the molecule is [C+]1=CC=C(n2c3ccccc3c3c4c(ccc32)Cc2ccc3c(sc5ccccc53)c2-4)C=C1. The van der Waals surface area contributed by atoms with Crippen LogP contribution in [0, 0.1) is 6.08 Å². The summed E-state index contributed by atoms with van der Waals surface area (Å²) in [5.74, 6) is 0. The predicted molar refractivity (Wildman–Crippen MR) is 142 cm³/mol. The van der Waals surface area contributed by atoms with Gasteiger partial charge in [-0.15, -0.1) is 11.3 Å². The second-order valence-corrected chi connectivity index (χ2v) is 9.91. The van der Waals surface area contributed by atoms with Gasteiger partial charge in [0.25, 0.3) is 0 Å². The lowest BCUT2D eigenvalue weighted by Crippen LogP contribution is -1.95. The van der Waals surface area contributed by atoms with Crippen LogP contribution in [0.1, 0.15) is 11.1 Å². The zero-order valence-corrected chi connectivity index (χ0v) is 18.6. The molecule has 6 aromatic rings. The number of rotatable bonds is 1. The van der Waals surface area contributed by atoms with Crippen molar-refractivity contribution in [1.82, 2.24) is 4.57 Å². The fraction of sp³-hybridized carbons (Fsp3) is 0.0323. The molecule has 0 saturated heterocycles. The van der Waals surface area contributed by atoms with E-state index >= 15 is 0 Å². The van der Waals surface area contributed by atoms with Crippen LogP contribution in [-0.4, -0.2) is 4.57 Å². The minimum absolute atomic E-state index is 1.00. The van der Waals surface area contributed by atoms with E-state index in [-0.39, 0.29) is 0 Å². The Morgan fingerprint density at radius 1 is 0.727 bits per heavy atom. The van der Waals surface area contributed by atoms with Crippen LogP contribution in [-0.2, 0) is 6.42 Å². The van der Waals surface area contributed by atoms with Gasteiger partial charge in [-0.2, -0.15) is 0 Å². The average molecular weight is 437 g/mol. The molecule has 0 N–H and O–H groups in total. The molecule has 4 aromatic carbocycles. The maximum atomic E-state index is 3.17. The molecule has 0 bridgehead atoms. The first-order chi connectivity index (χ1) is 16.4. The molecule has 0 fully saturated rings. The first-order valence-electron chi connectivity index (χ1n) is 11.3. The first-order valence-corrected chi connectivity index (χ1v) is 12.2. The molecule has 2 heterocycles. The summed E-state index contributed by atoms with van der Waals surface area (Å²) in [6.07, 6.45) is 12.5. The second kappa shape index (κ2) is 6.30. The van der Waals surface area contributed by atoms with Crippen LogP contribution in [0.3, 0.4) is 0 Å². The smallest absolute Gasteiger partial charge is 0.160 e. The van der Waals surface area contributed by atoms with Crippen LogP contribution >= 0.6 is 11.3 Å². The lowest BCUT2D eigenvalue weighted by Gasteiger charge is -2.08. The van der Waals surface area contributed by atoms with Crippen molar-refractivity contribution in [2.75, 3.05) is 0 Å². The minimum Gasteiger partial charge on any atom is -0.287 e. The van der Waals surface area contributed by atoms with Crippen molar-refractivity contribution in [2.24, 2.45) is 0 Å². The number of fused-ring (bicyclic) bond motifs is 11. The Hall–Kier alpha value is -3.97. The number of thiophene rings is 1. The summed E-state index contributed by atoms with van der Waals surface area (Å²) in [7, 11) is 0. The molecule has 0 amide bonds. The van der Waals surface area contributed by atoms with Crippen molar-refractivity contribution in [3.05, 3.63) is 114 Å². The van der Waals surface area contributed by atoms with E-state index in [1.54, 1.807) is 0 Å². The molecular weight excluding hydrogens is 418 g/mol. The number of allylic oxidation sites excluding steroid dienone is 6. The number of hydrogen-bond acceptors (Lipinski definition) is 1. The van der Waals surface area contributed by atoms with Crippen molar-refractivity contribution in [3.63, 3.8) is 0 Å². The molecule has 0 saturated carbocycles. The van der Waals surface area contributed by atoms with Gasteiger partial charge in [0.05, 0.1) is 23.2 Å². The zero-order chi connectivity index (χ0) is 21.5. The quantitative estimate of drug-likeness (QED) is 0.227. The van der Waals surface area contributed by atoms with Crippen molar-refractivity contribution >= 4 is 59.0 Å². The predicted octanol–water partition coefficient (Wildman–Crippen LogP) is 8.50. The molecule has 2 heteroatoms. The van der Waals surface area contributed by atoms with E-state index in [0.717, 1.165) is 6.42 Å². The van der Waals surface area contributed by atoms with Gasteiger partial charge in [-0.1, -0.05) is 54.6 Å². The van der Waals surface area contributed by atoms with E-state index in [1.807, 2.05) is 23.5 Å². The number of hydrogen-bond donors (Lipinski definition) is 0. The zero-order valence-electron chi connectivity index (χ0n) is 17.8. The first kappa shape index (κ1) is 17.6. The van der Waals surface area contributed by atoms with Gasteiger partial charge in [0.1, 0.15) is 12.2 Å². The van der Waals surface area contributed by atoms with Crippen LogP contribution in [0.4, 0.5) is 0 Å². The Labute approximate surface area is 195 Å². The summed E-state index contributed by atoms with van der Waals surface area (Å²) in [6, 6.07) is 27.0. The highest BCUT2D eigenvalue weighted by Crippen LogP contribution is 2.51. The maximum Gasteiger partial charge on any atom is 0.160 e. The molecule has 2 aliphatic carbocycles. The van der Waals surface area contributed by atoms with E-state index in [0.29, 0.717) is 0 Å². The lowest BCUT2D eigenvalue weighted by atomic mass is 9.98. The van der Waals surface area contributed by atoms with Gasteiger partial charge < -0.3 is 0 Å². The molecule has 0 radical (unpaired) electrons. The highest BCUT2D eigenvalue weighted by atomic mass is 32.1. The Balaban J connectivity index is 1.56. The number of benzene rings is 4. The lowest BCUT2D eigenvalue weighted by molar-refractivity contribution is 1.23. The summed E-state index contributed by atoms with van der Waals surface area (Å²) in [5, 5.41) is 5.44. The molecule has 0 atom stereocenters. The van der Waals surface area contributed by atoms with E-state index < -0.39 is 0 Å². The van der Waals surface area contributed by atoms with Crippen LogP contribution < -0.4 is 0 Å². The number of nitrogens with zero attached hydrogens (tertiary/aromatic N) is 1. The van der Waals surface area contributed by atoms with Gasteiger partial charge in [0.2, 0.25) is 0 Å². The Kier molecular flexibility index (Phi) is 3.35. The summed E-state index contributed by atoms with van der Waals surface area (Å²) >= 11 is 1.94. The Morgan fingerprint density at radius 3 is 2.45 bits per heavy atom. The fourth-order valence-corrected chi connectivity index (χ4v) is 7.08. The average Bonchev–Trinajstić information content (AvgIpc) is 3.53. The highest BCUT2D eigenvalue weighted by Gasteiger charge is 2.28. The summed E-state index contributed by atoms with van der Waals surface area (Å²) in [6.45, 7) is 0. The largest absolute Gasteiger partial charge is 0.287 e. The molecule has 2 aliphatic rings. The van der Waals surface area contributed by atoms with Gasteiger partial charge in [-0.25, -0.2) is 0 Å². The van der Waals surface area contributed by atoms with Crippen molar-refractivity contribution in [3.8, 4) is 11.1 Å². The van der Waals surface area contributed by atoms with E-state index in [4.69, 9.17) is 0 Å². The normalized spacial score (nSPS) is 14.2. The molecular formula is C31H18NS+. The van der Waals surface area contributed by atoms with E-state index in [9.17, 15) is 0 Å². The van der Waals surface area contributed by atoms with Gasteiger partial charge in [0, 0.05) is 42.6 Å². The summed E-state index contributed by atoms with van der Waals surface area (Å²) < 4.78 is 5.19. The van der Waals surface area contributed by atoms with Gasteiger partial charge in [0.15, 0.2) is 5.70 Å². The van der Waals surface area contributed by atoms with Gasteiger partial charge >= 0.3 is 0 Å². The molecule has 0 aliphatic heterocycles. The monoisotopic (exact) mass is 436 g/mol. The minimum atomic E-state index is 1.00. The number of para-hydroxylation sites is 1. The third-order valence-electron chi connectivity index (χ3n) is 7.15. The Morgan fingerprint density at radius 2 is 1.55 bits per heavy atom. The van der Waals surface area contributed by atoms with Gasteiger partial charge in [-0.3, -0.25) is 4.57 Å². The van der Waals surface area contributed by atoms with Gasteiger partial charge in [-0.05, 0) is 41.3 Å². The third-order valence-corrected chi connectivity index (χ3v) is 8.35. The summed E-state index contributed by atoms with van der Waals surface area (Å²) in [5.41, 5.74) is 9.46. The molecule has 0 spiro atoms. The summed E-state index contributed by atoms with van der Waals surface area (Å²) in [4.78, 5) is 0. The maximum absolute atomic E-state index is 3.17. The molecule has 8 rings (SSSR count). The highest BCUT2D eigenvalue weighted by molar-refractivity contribution is 7.26. The van der Waals surface area contributed by atoms with Crippen molar-refractivity contribution < 1.29 is 0 Å². The number of aromatic nitrogens is 1. The topological polar surface area (TPSA) is 4.93 Å². The second-order valence-electron chi connectivity index (χ2n) is 8.86. The molecule has 33 heavy (non-hydrogen) atoms. The van der Waals surface area contributed by atoms with E-state index in [2.05, 4.69) is 95.6 Å². The fourth-order valence-electron chi connectivity index (χ4n) is 5.80. The molecule has 0 unspecified atom stereocenters. The standard InChI is InChI=1S/C31H18NS/c1-2-8-21(9-3-1)32-25-12-6-4-11-24(25)30-26(32)17-15-19-18-20-14-16-23-22-10-5-7-13-27(22)33-31(23)29(20)28(19)30/h2-17H,18H2/q+1. The van der Waals surface area contributed by atoms with Crippen molar-refractivity contribution in [1.29, 1.82) is 0 Å². The van der Waals surface area contributed by atoms with Crippen LogP contribution in [0.15, 0.2) is 97.1 Å². The van der Waals surface area contributed by atoms with E-state index in [1.165, 1.54) is 69.9 Å². The Bertz CT molecular complexity index is 1890.